The molecule has 0 aliphatic carbocycles. The largest absolute Gasteiger partial charge is 0.495 e. The van der Waals surface area contributed by atoms with Crippen LogP contribution in [0.15, 0.2) is 61.2 Å². The summed E-state index contributed by atoms with van der Waals surface area (Å²) in [6.45, 7) is 8.21. The van der Waals surface area contributed by atoms with Crippen molar-refractivity contribution in [1.82, 2.24) is 25.3 Å². The monoisotopic (exact) mass is 545 g/mol. The molecule has 1 aromatic heterocycles. The van der Waals surface area contributed by atoms with Gasteiger partial charge < -0.3 is 30.5 Å². The molecule has 4 rings (SSSR count). The van der Waals surface area contributed by atoms with Gasteiger partial charge in [0.15, 0.2) is 5.82 Å². The van der Waals surface area contributed by atoms with Gasteiger partial charge in [-0.15, -0.1) is 0 Å². The number of aromatic nitrogens is 2. The Morgan fingerprint density at radius 2 is 1.90 bits per heavy atom. The molecule has 0 fully saturated rings. The van der Waals surface area contributed by atoms with Crippen molar-refractivity contribution >= 4 is 29.4 Å². The highest BCUT2D eigenvalue weighted by atomic mass is 16.5. The number of nitrogens with zero attached hydrogens (tertiary/aromatic N) is 3. The molecular formula is C29H35N7O4. The number of carbonyl (C=O) groups excluding carboxylic acids is 3. The second-order valence-corrected chi connectivity index (χ2v) is 10.3. The molecule has 2 heterocycles. The Hall–Kier alpha value is -4.64. The van der Waals surface area contributed by atoms with Crippen molar-refractivity contribution in [2.24, 2.45) is 0 Å². The lowest BCUT2D eigenvalue weighted by atomic mass is 10.0. The van der Waals surface area contributed by atoms with Gasteiger partial charge >= 0.3 is 6.03 Å². The van der Waals surface area contributed by atoms with Gasteiger partial charge in [-0.2, -0.15) is 5.10 Å². The first kappa shape index (κ1) is 28.4. The average molecular weight is 546 g/mol. The van der Waals surface area contributed by atoms with Crippen LogP contribution in [0.25, 0.3) is 0 Å². The number of rotatable bonds is 9. The van der Waals surface area contributed by atoms with Crippen LogP contribution < -0.4 is 20.7 Å². The first-order chi connectivity index (χ1) is 19.0. The zero-order chi connectivity index (χ0) is 29.0. The van der Waals surface area contributed by atoms with E-state index in [1.54, 1.807) is 17.0 Å². The zero-order valence-electron chi connectivity index (χ0n) is 23.4. The number of carbonyl (C=O) groups is 3. The smallest absolute Gasteiger partial charge is 0.319 e. The Morgan fingerprint density at radius 1 is 1.18 bits per heavy atom. The summed E-state index contributed by atoms with van der Waals surface area (Å²) in [5.74, 6) is -0.135. The van der Waals surface area contributed by atoms with E-state index < -0.39 is 17.4 Å². The maximum absolute atomic E-state index is 13.6. The molecule has 0 bridgehead atoms. The molecule has 210 valence electrons. The summed E-state index contributed by atoms with van der Waals surface area (Å²) in [5, 5.41) is 16.0. The molecule has 0 unspecified atom stereocenters. The molecule has 0 spiro atoms. The van der Waals surface area contributed by atoms with Gasteiger partial charge in [-0.05, 0) is 57.8 Å². The van der Waals surface area contributed by atoms with E-state index in [9.17, 15) is 14.4 Å². The number of hydrogen-bond donors (Lipinski definition) is 4. The van der Waals surface area contributed by atoms with Gasteiger partial charge in [-0.1, -0.05) is 36.9 Å². The summed E-state index contributed by atoms with van der Waals surface area (Å²) in [4.78, 5) is 42.1. The molecule has 1 aliphatic rings. The van der Waals surface area contributed by atoms with E-state index in [1.807, 2.05) is 63.2 Å². The van der Waals surface area contributed by atoms with E-state index in [4.69, 9.17) is 4.74 Å². The fourth-order valence-corrected chi connectivity index (χ4v) is 4.76. The molecule has 0 saturated carbocycles. The van der Waals surface area contributed by atoms with E-state index >= 15 is 0 Å². The van der Waals surface area contributed by atoms with Crippen LogP contribution >= 0.6 is 0 Å². The summed E-state index contributed by atoms with van der Waals surface area (Å²) < 4.78 is 5.34. The van der Waals surface area contributed by atoms with Crippen LogP contribution in [0.4, 0.5) is 16.3 Å². The minimum absolute atomic E-state index is 0.204. The van der Waals surface area contributed by atoms with Crippen LogP contribution in [0, 0.1) is 0 Å². The predicted octanol–water partition coefficient (Wildman–Crippen LogP) is 3.86. The minimum Gasteiger partial charge on any atom is -0.495 e. The van der Waals surface area contributed by atoms with Crippen molar-refractivity contribution in [3.63, 3.8) is 0 Å². The van der Waals surface area contributed by atoms with Gasteiger partial charge in [0.05, 0.1) is 36.6 Å². The molecule has 3 aromatic rings. The second-order valence-electron chi connectivity index (χ2n) is 10.3. The summed E-state index contributed by atoms with van der Waals surface area (Å²) in [5.41, 5.74) is 2.53. The molecule has 11 nitrogen and oxygen atoms in total. The van der Waals surface area contributed by atoms with E-state index in [0.717, 1.165) is 22.9 Å². The van der Waals surface area contributed by atoms with Crippen LogP contribution in [-0.4, -0.2) is 65.6 Å². The number of H-pyrrole nitrogens is 1. The number of fused-ring (bicyclic) bond motifs is 1. The standard InChI is InChI=1S/C29H35N7O4/c1-7-24(37)30-21-14-13-19(15-23(21)40-6)27(38)32-26-20-16-36(29(2,3)25(20)33-34-26)28(39)31-22(17-35(4)5)18-11-9-8-10-12-18/h7-15,22H,1,16-17H2,2-6H3,(H,30,37)(H,31,39)(H2,32,33,34,38)/t22-/m1/s1. The topological polar surface area (TPSA) is 132 Å². The number of aromatic amines is 1. The highest BCUT2D eigenvalue weighted by molar-refractivity contribution is 6.06. The molecular weight excluding hydrogens is 510 g/mol. The molecule has 4 N–H and O–H groups in total. The minimum atomic E-state index is -0.691. The SMILES string of the molecule is C=CC(=O)Nc1ccc(C(=O)Nc2n[nH]c3c2CN(C(=O)N[C@H](CN(C)C)c2ccccc2)C3(C)C)cc1OC. The van der Waals surface area contributed by atoms with Gasteiger partial charge in [0.25, 0.3) is 5.91 Å². The lowest BCUT2D eigenvalue weighted by Gasteiger charge is -2.34. The number of nitrogens with one attached hydrogen (secondary N) is 4. The first-order valence-electron chi connectivity index (χ1n) is 12.8. The van der Waals surface area contributed by atoms with Crippen LogP contribution in [0.2, 0.25) is 0 Å². The fraction of sp³-hybridized carbons (Fsp3) is 0.310. The van der Waals surface area contributed by atoms with Gasteiger partial charge in [-0.3, -0.25) is 14.7 Å². The van der Waals surface area contributed by atoms with E-state index in [-0.39, 0.29) is 18.6 Å². The van der Waals surface area contributed by atoms with Crippen molar-refractivity contribution in [1.29, 1.82) is 0 Å². The Labute approximate surface area is 233 Å². The van der Waals surface area contributed by atoms with E-state index in [1.165, 1.54) is 13.2 Å². The average Bonchev–Trinajstić information content (AvgIpc) is 3.45. The Bertz CT molecular complexity index is 1410. The third-order valence-corrected chi connectivity index (χ3v) is 6.90. The van der Waals surface area contributed by atoms with Crippen LogP contribution in [0.5, 0.6) is 5.75 Å². The molecule has 0 radical (unpaired) electrons. The van der Waals surface area contributed by atoms with E-state index in [0.29, 0.717) is 29.4 Å². The van der Waals surface area contributed by atoms with Crippen LogP contribution in [0.1, 0.15) is 47.1 Å². The fourth-order valence-electron chi connectivity index (χ4n) is 4.76. The molecule has 40 heavy (non-hydrogen) atoms. The van der Waals surface area contributed by atoms with Crippen molar-refractivity contribution in [3.05, 3.63) is 83.6 Å². The summed E-state index contributed by atoms with van der Waals surface area (Å²) in [6.07, 6.45) is 1.15. The number of anilines is 2. The first-order valence-corrected chi connectivity index (χ1v) is 12.8. The van der Waals surface area contributed by atoms with Crippen molar-refractivity contribution < 1.29 is 19.1 Å². The van der Waals surface area contributed by atoms with Gasteiger partial charge in [-0.25, -0.2) is 4.79 Å². The van der Waals surface area contributed by atoms with Crippen LogP contribution in [-0.2, 0) is 16.9 Å². The zero-order valence-corrected chi connectivity index (χ0v) is 23.4. The van der Waals surface area contributed by atoms with Crippen molar-refractivity contribution in [3.8, 4) is 5.75 Å². The quantitative estimate of drug-likeness (QED) is 0.302. The summed E-state index contributed by atoms with van der Waals surface area (Å²) in [7, 11) is 5.38. The Morgan fingerprint density at radius 3 is 2.55 bits per heavy atom. The number of methoxy groups -OCH3 is 1. The Kier molecular flexibility index (Phi) is 8.24. The molecule has 11 heteroatoms. The van der Waals surface area contributed by atoms with E-state index in [2.05, 4.69) is 32.7 Å². The predicted molar refractivity (Wildman–Crippen MR) is 153 cm³/mol. The van der Waals surface area contributed by atoms with Crippen molar-refractivity contribution in [2.75, 3.05) is 38.4 Å². The highest BCUT2D eigenvalue weighted by Gasteiger charge is 2.44. The number of likely N-dealkylation sites (N-methyl/N-ethyl adjacent to an activating group) is 1. The number of ether oxygens (including phenoxy) is 1. The van der Waals surface area contributed by atoms with Gasteiger partial charge in [0.1, 0.15) is 5.75 Å². The molecule has 0 saturated heterocycles. The Balaban J connectivity index is 1.51. The molecule has 1 aliphatic heterocycles. The molecule has 4 amide bonds. The maximum atomic E-state index is 13.6. The van der Waals surface area contributed by atoms with Gasteiger partial charge in [0.2, 0.25) is 5.91 Å². The number of hydrogen-bond acceptors (Lipinski definition) is 6. The molecule has 2 aromatic carbocycles. The third-order valence-electron chi connectivity index (χ3n) is 6.90. The van der Waals surface area contributed by atoms with Gasteiger partial charge in [0, 0.05) is 17.7 Å². The normalized spacial score (nSPS) is 14.3. The number of benzene rings is 2. The highest BCUT2D eigenvalue weighted by Crippen LogP contribution is 2.41. The lowest BCUT2D eigenvalue weighted by Crippen LogP contribution is -2.48. The second kappa shape index (κ2) is 11.6. The summed E-state index contributed by atoms with van der Waals surface area (Å²) in [6, 6.07) is 14.1. The summed E-state index contributed by atoms with van der Waals surface area (Å²) >= 11 is 0. The van der Waals surface area contributed by atoms with Crippen LogP contribution in [0.3, 0.4) is 0 Å². The maximum Gasteiger partial charge on any atom is 0.319 e. The number of amides is 4. The van der Waals surface area contributed by atoms with Crippen molar-refractivity contribution in [2.45, 2.75) is 32.0 Å². The number of urea groups is 1. The molecule has 1 atom stereocenters. The lowest BCUT2D eigenvalue weighted by molar-refractivity contribution is -0.111. The third kappa shape index (κ3) is 5.84.